The first-order valence-corrected chi connectivity index (χ1v) is 7.16. The smallest absolute Gasteiger partial charge is 0.116 e. The summed E-state index contributed by atoms with van der Waals surface area (Å²) < 4.78 is 0. The van der Waals surface area contributed by atoms with Gasteiger partial charge in [-0.3, -0.25) is 4.90 Å². The maximum absolute atomic E-state index is 9.55. The van der Waals surface area contributed by atoms with E-state index in [4.69, 9.17) is 23.2 Å². The van der Waals surface area contributed by atoms with Gasteiger partial charge in [-0.1, -0.05) is 41.4 Å². The molecule has 0 aliphatic rings. The molecule has 1 atom stereocenters. The first-order valence-electron chi connectivity index (χ1n) is 6.41. The molecule has 0 heterocycles. The minimum absolute atomic E-state index is 0.155. The molecule has 0 amide bonds. The van der Waals surface area contributed by atoms with Gasteiger partial charge in [0, 0.05) is 22.6 Å². The molecule has 1 N–H and O–H groups in total. The van der Waals surface area contributed by atoms with Gasteiger partial charge in [0.2, 0.25) is 0 Å². The molecule has 0 bridgehead atoms. The number of nitrogens with zero attached hydrogens (tertiary/aromatic N) is 1. The van der Waals surface area contributed by atoms with E-state index in [1.165, 1.54) is 0 Å². The molecule has 0 aliphatic heterocycles. The summed E-state index contributed by atoms with van der Waals surface area (Å²) in [6.07, 6.45) is 0. The Kier molecular flexibility index (Phi) is 4.92. The van der Waals surface area contributed by atoms with Crippen LogP contribution in [0.3, 0.4) is 0 Å². The van der Waals surface area contributed by atoms with Crippen LogP contribution in [0.2, 0.25) is 10.0 Å². The van der Waals surface area contributed by atoms with Crippen LogP contribution in [0.1, 0.15) is 24.1 Å². The van der Waals surface area contributed by atoms with Crippen LogP contribution in [-0.2, 0) is 6.54 Å². The minimum Gasteiger partial charge on any atom is -0.508 e. The lowest BCUT2D eigenvalue weighted by molar-refractivity contribution is 0.253. The highest BCUT2D eigenvalue weighted by molar-refractivity contribution is 6.31. The fraction of sp³-hybridized carbons (Fsp3) is 0.250. The monoisotopic (exact) mass is 309 g/mol. The molecule has 20 heavy (non-hydrogen) atoms. The lowest BCUT2D eigenvalue weighted by Gasteiger charge is -2.26. The Balaban J connectivity index is 2.17. The Morgan fingerprint density at radius 3 is 2.50 bits per heavy atom. The first-order chi connectivity index (χ1) is 9.49. The van der Waals surface area contributed by atoms with Crippen LogP contribution >= 0.6 is 23.2 Å². The van der Waals surface area contributed by atoms with Crippen molar-refractivity contribution in [3.8, 4) is 5.75 Å². The Morgan fingerprint density at radius 1 is 1.10 bits per heavy atom. The molecule has 4 heteroatoms. The quantitative estimate of drug-likeness (QED) is 0.869. The molecule has 0 radical (unpaired) electrons. The van der Waals surface area contributed by atoms with Crippen molar-refractivity contribution in [2.75, 3.05) is 7.05 Å². The van der Waals surface area contributed by atoms with Crippen molar-refractivity contribution in [1.82, 2.24) is 4.90 Å². The van der Waals surface area contributed by atoms with E-state index in [1.54, 1.807) is 18.2 Å². The van der Waals surface area contributed by atoms with E-state index in [2.05, 4.69) is 11.8 Å². The van der Waals surface area contributed by atoms with Gasteiger partial charge in [-0.25, -0.2) is 0 Å². The van der Waals surface area contributed by atoms with Gasteiger partial charge in [0.1, 0.15) is 5.75 Å². The molecular formula is C16H17Cl2NO. The summed E-state index contributed by atoms with van der Waals surface area (Å²) in [4.78, 5) is 2.14. The fourth-order valence-corrected chi connectivity index (χ4v) is 2.61. The molecule has 0 saturated carbocycles. The highest BCUT2D eigenvalue weighted by Crippen LogP contribution is 2.29. The molecular weight excluding hydrogens is 293 g/mol. The fourth-order valence-electron chi connectivity index (χ4n) is 2.14. The highest BCUT2D eigenvalue weighted by Gasteiger charge is 2.15. The van der Waals surface area contributed by atoms with Gasteiger partial charge in [-0.15, -0.1) is 0 Å². The molecule has 0 aromatic heterocycles. The first kappa shape index (κ1) is 15.2. The normalized spacial score (nSPS) is 12.7. The molecule has 106 valence electrons. The van der Waals surface area contributed by atoms with E-state index in [9.17, 15) is 5.11 Å². The van der Waals surface area contributed by atoms with Crippen LogP contribution in [-0.4, -0.2) is 17.1 Å². The van der Waals surface area contributed by atoms with Gasteiger partial charge >= 0.3 is 0 Å². The SMILES string of the molecule is C[C@H](c1ccccc1Cl)N(C)Cc1cc(O)ccc1Cl. The van der Waals surface area contributed by atoms with E-state index >= 15 is 0 Å². The van der Waals surface area contributed by atoms with Crippen molar-refractivity contribution in [2.45, 2.75) is 19.5 Å². The van der Waals surface area contributed by atoms with Gasteiger partial charge in [0.15, 0.2) is 0 Å². The van der Waals surface area contributed by atoms with E-state index in [0.717, 1.165) is 16.1 Å². The molecule has 0 fully saturated rings. The number of rotatable bonds is 4. The van der Waals surface area contributed by atoms with Gasteiger partial charge in [-0.2, -0.15) is 0 Å². The second-order valence-corrected chi connectivity index (χ2v) is 5.70. The van der Waals surface area contributed by atoms with E-state index < -0.39 is 0 Å². The second-order valence-electron chi connectivity index (χ2n) is 4.89. The Labute approximate surface area is 129 Å². The van der Waals surface area contributed by atoms with E-state index in [0.29, 0.717) is 11.6 Å². The van der Waals surface area contributed by atoms with Crippen molar-refractivity contribution in [1.29, 1.82) is 0 Å². The predicted octanol–water partition coefficient (Wildman–Crippen LogP) is 4.89. The summed E-state index contributed by atoms with van der Waals surface area (Å²) in [5.74, 6) is 0.225. The van der Waals surface area contributed by atoms with Crippen molar-refractivity contribution in [3.63, 3.8) is 0 Å². The summed E-state index contributed by atoms with van der Waals surface area (Å²) in [6.45, 7) is 2.73. The summed E-state index contributed by atoms with van der Waals surface area (Å²) in [5, 5.41) is 11.0. The van der Waals surface area contributed by atoms with E-state index in [-0.39, 0.29) is 11.8 Å². The summed E-state index contributed by atoms with van der Waals surface area (Å²) in [7, 11) is 2.01. The average molecular weight is 310 g/mol. The zero-order chi connectivity index (χ0) is 14.7. The second kappa shape index (κ2) is 6.49. The lowest BCUT2D eigenvalue weighted by atomic mass is 10.1. The molecule has 0 spiro atoms. The minimum atomic E-state index is 0.155. The number of benzene rings is 2. The van der Waals surface area contributed by atoms with Crippen LogP contribution in [0.4, 0.5) is 0 Å². The van der Waals surface area contributed by atoms with Crippen LogP contribution in [0.5, 0.6) is 5.75 Å². The zero-order valence-electron chi connectivity index (χ0n) is 11.5. The summed E-state index contributed by atoms with van der Waals surface area (Å²) in [6, 6.07) is 13.0. The van der Waals surface area contributed by atoms with Gasteiger partial charge in [0.05, 0.1) is 0 Å². The molecule has 2 aromatic rings. The van der Waals surface area contributed by atoms with Crippen molar-refractivity contribution < 1.29 is 5.11 Å². The van der Waals surface area contributed by atoms with Gasteiger partial charge in [0.25, 0.3) is 0 Å². The van der Waals surface area contributed by atoms with Crippen LogP contribution < -0.4 is 0 Å². The van der Waals surface area contributed by atoms with E-state index in [1.807, 2.05) is 31.3 Å². The third-order valence-electron chi connectivity index (χ3n) is 3.47. The Hall–Kier alpha value is -1.22. The van der Waals surface area contributed by atoms with Crippen LogP contribution in [0, 0.1) is 0 Å². The number of hydrogen-bond donors (Lipinski definition) is 1. The largest absolute Gasteiger partial charge is 0.508 e. The number of phenolic OH excluding ortho intramolecular Hbond substituents is 1. The van der Waals surface area contributed by atoms with Crippen molar-refractivity contribution in [3.05, 3.63) is 63.6 Å². The van der Waals surface area contributed by atoms with Crippen molar-refractivity contribution >= 4 is 23.2 Å². The summed E-state index contributed by atoms with van der Waals surface area (Å²) >= 11 is 12.4. The lowest BCUT2D eigenvalue weighted by Crippen LogP contribution is -2.22. The molecule has 0 saturated heterocycles. The highest BCUT2D eigenvalue weighted by atomic mass is 35.5. The number of aromatic hydroxyl groups is 1. The third-order valence-corrected chi connectivity index (χ3v) is 4.18. The molecule has 2 aromatic carbocycles. The zero-order valence-corrected chi connectivity index (χ0v) is 13.0. The molecule has 0 unspecified atom stereocenters. The maximum atomic E-state index is 9.55. The number of halogens is 2. The maximum Gasteiger partial charge on any atom is 0.116 e. The van der Waals surface area contributed by atoms with Crippen molar-refractivity contribution in [2.24, 2.45) is 0 Å². The van der Waals surface area contributed by atoms with Crippen LogP contribution in [0.25, 0.3) is 0 Å². The van der Waals surface area contributed by atoms with Crippen LogP contribution in [0.15, 0.2) is 42.5 Å². The Bertz CT molecular complexity index is 601. The van der Waals surface area contributed by atoms with Gasteiger partial charge in [-0.05, 0) is 49.4 Å². The molecule has 2 nitrogen and oxygen atoms in total. The molecule has 0 aliphatic carbocycles. The Morgan fingerprint density at radius 2 is 1.80 bits per heavy atom. The topological polar surface area (TPSA) is 23.5 Å². The standard InChI is InChI=1S/C16H17Cl2NO/c1-11(14-5-3-4-6-16(14)18)19(2)10-12-9-13(20)7-8-15(12)17/h3-9,11,20H,10H2,1-2H3/t11-/m1/s1. The predicted molar refractivity (Wildman–Crippen MR) is 84.5 cm³/mol. The third kappa shape index (κ3) is 3.45. The van der Waals surface area contributed by atoms with Gasteiger partial charge < -0.3 is 5.11 Å². The number of hydrogen-bond acceptors (Lipinski definition) is 2. The average Bonchev–Trinajstić information content (AvgIpc) is 2.42. The molecule has 2 rings (SSSR count). The summed E-state index contributed by atoms with van der Waals surface area (Å²) in [5.41, 5.74) is 1.97. The number of phenols is 1.